The third-order valence-electron chi connectivity index (χ3n) is 18.5. The van der Waals surface area contributed by atoms with Gasteiger partial charge in [-0.3, -0.25) is 0 Å². The summed E-state index contributed by atoms with van der Waals surface area (Å²) < 4.78 is 5.60. The lowest BCUT2D eigenvalue weighted by atomic mass is 9.35. The lowest BCUT2D eigenvalue weighted by molar-refractivity contribution is 0.332. The van der Waals surface area contributed by atoms with Gasteiger partial charge < -0.3 is 9.80 Å². The maximum atomic E-state index is 2.76. The molecule has 0 radical (unpaired) electrons. The number of nitrogens with zero attached hydrogens (tertiary/aromatic N) is 2. The first-order chi connectivity index (χ1) is 32.1. The zero-order valence-electron chi connectivity index (χ0n) is 42.8. The van der Waals surface area contributed by atoms with Crippen LogP contribution in [0.1, 0.15) is 161 Å². The zero-order chi connectivity index (χ0) is 47.4. The third kappa shape index (κ3) is 5.87. The molecule has 2 nitrogen and oxygen atoms in total. The molecule has 8 aromatic rings. The number of benzene rings is 6. The molecule has 0 bridgehead atoms. The molecular formula is C63H67BN2S2. The Morgan fingerprint density at radius 1 is 0.426 bits per heavy atom. The molecular weight excluding hydrogens is 860 g/mol. The normalized spacial score (nSPS) is 20.7. The van der Waals surface area contributed by atoms with Crippen LogP contribution in [-0.2, 0) is 32.5 Å². The minimum Gasteiger partial charge on any atom is -0.311 e. The monoisotopic (exact) mass is 926 g/mol. The van der Waals surface area contributed by atoms with Crippen LogP contribution in [0.2, 0.25) is 0 Å². The van der Waals surface area contributed by atoms with Gasteiger partial charge in [-0.25, -0.2) is 0 Å². The van der Waals surface area contributed by atoms with Crippen LogP contribution in [0, 0.1) is 6.92 Å². The van der Waals surface area contributed by atoms with E-state index in [1.807, 2.05) is 11.3 Å². The summed E-state index contributed by atoms with van der Waals surface area (Å²) in [7, 11) is 0. The van der Waals surface area contributed by atoms with Gasteiger partial charge in [0.25, 0.3) is 6.71 Å². The summed E-state index contributed by atoms with van der Waals surface area (Å²) in [4.78, 5) is 5.49. The van der Waals surface area contributed by atoms with E-state index in [4.69, 9.17) is 0 Å². The first kappa shape index (κ1) is 43.2. The van der Waals surface area contributed by atoms with Crippen LogP contribution < -0.4 is 25.5 Å². The van der Waals surface area contributed by atoms with Crippen molar-refractivity contribution in [3.05, 3.63) is 136 Å². The van der Waals surface area contributed by atoms with E-state index >= 15 is 0 Å². The Bertz CT molecular complexity index is 3520. The fourth-order valence-electron chi connectivity index (χ4n) is 13.9. The van der Waals surface area contributed by atoms with Crippen molar-refractivity contribution < 1.29 is 0 Å². The maximum absolute atomic E-state index is 2.76. The first-order valence-corrected chi connectivity index (χ1v) is 27.3. The van der Waals surface area contributed by atoms with Gasteiger partial charge in [0.2, 0.25) is 0 Å². The van der Waals surface area contributed by atoms with Gasteiger partial charge in [-0.15, -0.1) is 22.7 Å². The van der Waals surface area contributed by atoms with Gasteiger partial charge >= 0.3 is 0 Å². The SMILES string of the molecule is Cc1cc2c3c(c1)N(c1cccc4sc5ccccc5c14)c1cc4c(cc1B3c1sc3cc5c(cc3c1N2c1ccc2c(c1)C(C)(C)CCC2(C)C)C(C)(C)CCC5(C)C)C(C)(C)CCC4(C)C. The summed E-state index contributed by atoms with van der Waals surface area (Å²) in [5.41, 5.74) is 21.9. The molecule has 6 aromatic carbocycles. The van der Waals surface area contributed by atoms with E-state index in [9.17, 15) is 0 Å². The molecule has 344 valence electrons. The molecule has 0 fully saturated rings. The van der Waals surface area contributed by atoms with Crippen LogP contribution in [0.15, 0.2) is 97.1 Å². The highest BCUT2D eigenvalue weighted by Crippen LogP contribution is 2.56. The molecule has 2 aromatic heterocycles. The molecule has 4 heterocycles. The fourth-order valence-corrected chi connectivity index (χ4v) is 16.4. The maximum Gasteiger partial charge on any atom is 0.264 e. The van der Waals surface area contributed by atoms with Gasteiger partial charge in [-0.05, 0) is 188 Å². The van der Waals surface area contributed by atoms with Crippen molar-refractivity contribution >= 4 is 109 Å². The van der Waals surface area contributed by atoms with Gasteiger partial charge in [0.1, 0.15) is 0 Å². The summed E-state index contributed by atoms with van der Waals surface area (Å²) in [5.74, 6) is 0. The van der Waals surface area contributed by atoms with Gasteiger partial charge in [-0.1, -0.05) is 119 Å². The zero-order valence-corrected chi connectivity index (χ0v) is 44.4. The number of aryl methyl sites for hydroxylation is 1. The molecule has 3 aliphatic carbocycles. The lowest BCUT2D eigenvalue weighted by Crippen LogP contribution is -2.61. The van der Waals surface area contributed by atoms with E-state index in [2.05, 4.69) is 208 Å². The van der Waals surface area contributed by atoms with E-state index < -0.39 is 0 Å². The Morgan fingerprint density at radius 3 is 1.63 bits per heavy atom. The molecule has 0 unspecified atom stereocenters. The smallest absolute Gasteiger partial charge is 0.264 e. The topological polar surface area (TPSA) is 6.48 Å². The van der Waals surface area contributed by atoms with Crippen LogP contribution in [0.25, 0.3) is 30.3 Å². The van der Waals surface area contributed by atoms with Crippen LogP contribution in [0.3, 0.4) is 0 Å². The van der Waals surface area contributed by atoms with Crippen LogP contribution >= 0.6 is 22.7 Å². The van der Waals surface area contributed by atoms with Gasteiger partial charge in [-0.2, -0.15) is 0 Å². The highest BCUT2D eigenvalue weighted by molar-refractivity contribution is 7.33. The molecule has 5 heteroatoms. The Labute approximate surface area is 413 Å². The molecule has 0 amide bonds. The molecule has 2 aliphatic heterocycles. The molecule has 5 aliphatic rings. The second-order valence-electron chi connectivity index (χ2n) is 25.8. The van der Waals surface area contributed by atoms with Crippen molar-refractivity contribution in [3.8, 4) is 0 Å². The van der Waals surface area contributed by atoms with Crippen LogP contribution in [0.4, 0.5) is 34.1 Å². The minimum atomic E-state index is 0.0598. The van der Waals surface area contributed by atoms with E-state index in [0.717, 1.165) is 0 Å². The van der Waals surface area contributed by atoms with Gasteiger partial charge in [0, 0.05) is 57.8 Å². The Hall–Kier alpha value is -4.84. The van der Waals surface area contributed by atoms with Crippen molar-refractivity contribution in [2.75, 3.05) is 9.80 Å². The summed E-state index contributed by atoms with van der Waals surface area (Å²) in [5, 5.41) is 4.12. The van der Waals surface area contributed by atoms with E-state index in [0.29, 0.717) is 0 Å². The largest absolute Gasteiger partial charge is 0.311 e. The standard InChI is InChI=1S/C63H67BN2S2/c1-36-29-49-55-50(30-36)66(47-18-16-20-52-54(47)38-17-14-15-19-51(38)67-52)48-34-44-43(61(8,9)26-27-62(44,10)11)33-46(48)64(55)57-56(39-32-42-45(35-53(39)68-57)63(12,13)28-25-60(42,6)7)65(49)37-21-22-40-41(31-37)59(4,5)24-23-58(40,2)3/h14-22,29-35H,23-28H2,1-13H3. The average Bonchev–Trinajstić information content (AvgIpc) is 3.86. The van der Waals surface area contributed by atoms with Gasteiger partial charge in [0.15, 0.2) is 0 Å². The summed E-state index contributed by atoms with van der Waals surface area (Å²) in [6.07, 6.45) is 7.17. The van der Waals surface area contributed by atoms with Crippen LogP contribution in [0.5, 0.6) is 0 Å². The van der Waals surface area contributed by atoms with E-state index in [-0.39, 0.29) is 39.2 Å². The number of fused-ring (bicyclic) bond motifs is 12. The predicted octanol–water partition coefficient (Wildman–Crippen LogP) is 16.7. The van der Waals surface area contributed by atoms with E-state index in [1.54, 1.807) is 5.56 Å². The molecule has 68 heavy (non-hydrogen) atoms. The second kappa shape index (κ2) is 13.7. The average molecular weight is 927 g/mol. The molecule has 0 saturated carbocycles. The number of anilines is 6. The molecule has 0 N–H and O–H groups in total. The lowest BCUT2D eigenvalue weighted by Gasteiger charge is -2.47. The van der Waals surface area contributed by atoms with Gasteiger partial charge in [0.05, 0.1) is 11.4 Å². The molecule has 13 rings (SSSR count). The van der Waals surface area contributed by atoms with Crippen molar-refractivity contribution in [1.29, 1.82) is 0 Å². The third-order valence-corrected chi connectivity index (χ3v) is 20.8. The highest BCUT2D eigenvalue weighted by Gasteiger charge is 2.49. The molecule has 0 saturated heterocycles. The highest BCUT2D eigenvalue weighted by atomic mass is 32.1. The summed E-state index contributed by atoms with van der Waals surface area (Å²) in [6, 6.07) is 39.6. The first-order valence-electron chi connectivity index (χ1n) is 25.7. The Kier molecular flexibility index (Phi) is 8.72. The van der Waals surface area contributed by atoms with E-state index in [1.165, 1.54) is 152 Å². The van der Waals surface area contributed by atoms with Crippen molar-refractivity contribution in [1.82, 2.24) is 0 Å². The number of hydrogen-bond donors (Lipinski definition) is 0. The number of thiophene rings is 2. The second-order valence-corrected chi connectivity index (χ2v) is 27.9. The molecule has 0 atom stereocenters. The fraction of sp³-hybridized carbons (Fsp3) is 0.397. The minimum absolute atomic E-state index is 0.0598. The molecule has 0 spiro atoms. The summed E-state index contributed by atoms with van der Waals surface area (Å²) >= 11 is 4.01. The van der Waals surface area contributed by atoms with Crippen molar-refractivity contribution in [2.24, 2.45) is 0 Å². The van der Waals surface area contributed by atoms with Crippen LogP contribution in [-0.4, -0.2) is 6.71 Å². The Balaban J connectivity index is 1.19. The number of hydrogen-bond acceptors (Lipinski definition) is 4. The number of rotatable bonds is 2. The predicted molar refractivity (Wildman–Crippen MR) is 299 cm³/mol. The quantitative estimate of drug-likeness (QED) is 0.159. The summed E-state index contributed by atoms with van der Waals surface area (Å²) in [6.45, 7) is 32.3. The Morgan fingerprint density at radius 2 is 0.971 bits per heavy atom. The van der Waals surface area contributed by atoms with Crippen molar-refractivity contribution in [3.63, 3.8) is 0 Å². The van der Waals surface area contributed by atoms with Crippen molar-refractivity contribution in [2.45, 2.75) is 161 Å².